The fourth-order valence-corrected chi connectivity index (χ4v) is 5.51. The monoisotopic (exact) mass is 471 g/mol. The summed E-state index contributed by atoms with van der Waals surface area (Å²) in [5.74, 6) is -0.176. The first-order valence-corrected chi connectivity index (χ1v) is 12.2. The third kappa shape index (κ3) is 4.55. The van der Waals surface area contributed by atoms with Crippen molar-refractivity contribution in [3.63, 3.8) is 0 Å². The fraction of sp³-hybridized carbons (Fsp3) is 0.115. The lowest BCUT2D eigenvalue weighted by Crippen LogP contribution is -2.30. The van der Waals surface area contributed by atoms with Gasteiger partial charge in [0.1, 0.15) is 5.03 Å². The van der Waals surface area contributed by atoms with Gasteiger partial charge in [0.05, 0.1) is 18.7 Å². The highest BCUT2D eigenvalue weighted by Gasteiger charge is 2.26. The van der Waals surface area contributed by atoms with Crippen LogP contribution in [0.25, 0.3) is 0 Å². The number of amides is 2. The molecule has 3 heterocycles. The maximum atomic E-state index is 13.5. The van der Waals surface area contributed by atoms with Gasteiger partial charge in [-0.25, -0.2) is 4.98 Å². The Hall–Kier alpha value is -3.42. The molecule has 2 aromatic heterocycles. The van der Waals surface area contributed by atoms with Crippen molar-refractivity contribution in [3.8, 4) is 0 Å². The van der Waals surface area contributed by atoms with E-state index >= 15 is 0 Å². The molecule has 33 heavy (non-hydrogen) atoms. The van der Waals surface area contributed by atoms with Crippen molar-refractivity contribution >= 4 is 46.3 Å². The van der Waals surface area contributed by atoms with Crippen LogP contribution in [0.2, 0.25) is 0 Å². The van der Waals surface area contributed by atoms with Gasteiger partial charge in [0.2, 0.25) is 5.91 Å². The summed E-state index contributed by atoms with van der Waals surface area (Å²) in [5, 5.41) is 5.72. The first-order valence-electron chi connectivity index (χ1n) is 10.5. The standard InChI is InChI=1S/C26H21N3O2S2/c1-17-19(12-14-32-17)15-24(30)28-21-10-8-18(9-11-21)26(31)29-16-20-5-2-3-7-23(20)33-25-22(29)6-4-13-27-25/h2-14H,15-16H2,1H3,(H,28,30). The predicted molar refractivity (Wildman–Crippen MR) is 133 cm³/mol. The topological polar surface area (TPSA) is 62.3 Å². The molecule has 0 unspecified atom stereocenters. The van der Waals surface area contributed by atoms with E-state index in [0.717, 1.165) is 31.6 Å². The highest BCUT2D eigenvalue weighted by Crippen LogP contribution is 2.40. The molecule has 0 aliphatic carbocycles. The Bertz CT molecular complexity index is 1330. The molecule has 2 aromatic carbocycles. The summed E-state index contributed by atoms with van der Waals surface area (Å²) in [6.07, 6.45) is 2.09. The maximum absolute atomic E-state index is 13.5. The van der Waals surface area contributed by atoms with Crippen LogP contribution in [0, 0.1) is 6.92 Å². The van der Waals surface area contributed by atoms with Crippen LogP contribution in [0.1, 0.15) is 26.4 Å². The van der Waals surface area contributed by atoms with Crippen LogP contribution >= 0.6 is 23.1 Å². The third-order valence-electron chi connectivity index (χ3n) is 5.53. The molecule has 0 saturated carbocycles. The molecule has 0 saturated heterocycles. The molecule has 7 heteroatoms. The van der Waals surface area contributed by atoms with Crippen LogP contribution in [0.5, 0.6) is 0 Å². The first-order chi connectivity index (χ1) is 16.1. The lowest BCUT2D eigenvalue weighted by atomic mass is 10.1. The molecule has 1 aliphatic heterocycles. The molecule has 0 radical (unpaired) electrons. The van der Waals surface area contributed by atoms with Gasteiger partial charge in [-0.05, 0) is 72.0 Å². The molecule has 1 aliphatic rings. The van der Waals surface area contributed by atoms with Crippen LogP contribution < -0.4 is 10.2 Å². The second-order valence-electron chi connectivity index (χ2n) is 7.73. The zero-order valence-corrected chi connectivity index (χ0v) is 19.6. The Labute approximate surface area is 200 Å². The number of hydrogen-bond acceptors (Lipinski definition) is 5. The number of pyridine rings is 1. The first kappa shape index (κ1) is 21.4. The number of fused-ring (bicyclic) bond motifs is 2. The Morgan fingerprint density at radius 2 is 1.85 bits per heavy atom. The normalized spacial score (nSPS) is 12.5. The minimum absolute atomic E-state index is 0.0725. The number of carbonyl (C=O) groups excluding carboxylic acids is 2. The van der Waals surface area contributed by atoms with E-state index in [-0.39, 0.29) is 11.8 Å². The molecule has 1 N–H and O–H groups in total. The summed E-state index contributed by atoms with van der Waals surface area (Å²) in [7, 11) is 0. The highest BCUT2D eigenvalue weighted by atomic mass is 32.2. The van der Waals surface area contributed by atoms with Crippen LogP contribution in [-0.4, -0.2) is 16.8 Å². The molecular weight excluding hydrogens is 450 g/mol. The van der Waals surface area contributed by atoms with Gasteiger partial charge in [0.15, 0.2) is 0 Å². The van der Waals surface area contributed by atoms with E-state index in [0.29, 0.717) is 24.2 Å². The van der Waals surface area contributed by atoms with Crippen LogP contribution in [0.15, 0.2) is 88.2 Å². The summed E-state index contributed by atoms with van der Waals surface area (Å²) in [6.45, 7) is 2.49. The fourth-order valence-electron chi connectivity index (χ4n) is 3.77. The molecule has 5 rings (SSSR count). The number of aromatic nitrogens is 1. The average molecular weight is 472 g/mol. The van der Waals surface area contributed by atoms with E-state index < -0.39 is 0 Å². The quantitative estimate of drug-likeness (QED) is 0.400. The van der Waals surface area contributed by atoms with E-state index in [9.17, 15) is 9.59 Å². The van der Waals surface area contributed by atoms with Gasteiger partial charge in [0.25, 0.3) is 5.91 Å². The van der Waals surface area contributed by atoms with E-state index in [2.05, 4.69) is 16.4 Å². The number of carbonyl (C=O) groups is 2. The number of nitrogens with one attached hydrogen (secondary N) is 1. The number of thiophene rings is 1. The molecule has 0 atom stereocenters. The largest absolute Gasteiger partial charge is 0.326 e. The summed E-state index contributed by atoms with van der Waals surface area (Å²) in [4.78, 5) is 34.4. The van der Waals surface area contributed by atoms with Gasteiger partial charge >= 0.3 is 0 Å². The van der Waals surface area contributed by atoms with Crippen LogP contribution in [-0.2, 0) is 17.8 Å². The van der Waals surface area contributed by atoms with Crippen molar-refractivity contribution in [1.29, 1.82) is 0 Å². The smallest absolute Gasteiger partial charge is 0.258 e. The van der Waals surface area contributed by atoms with Gasteiger partial charge in [-0.2, -0.15) is 0 Å². The number of anilines is 2. The van der Waals surface area contributed by atoms with E-state index in [4.69, 9.17) is 0 Å². The molecule has 5 nitrogen and oxygen atoms in total. The number of rotatable bonds is 4. The third-order valence-corrected chi connectivity index (χ3v) is 7.54. The van der Waals surface area contributed by atoms with Gasteiger partial charge in [-0.15, -0.1) is 11.3 Å². The zero-order chi connectivity index (χ0) is 22.8. The second kappa shape index (κ2) is 9.21. The number of aryl methyl sites for hydroxylation is 1. The summed E-state index contributed by atoms with van der Waals surface area (Å²) in [5.41, 5.74) is 4.15. The minimum atomic E-state index is -0.103. The van der Waals surface area contributed by atoms with Gasteiger partial charge in [-0.1, -0.05) is 30.0 Å². The van der Waals surface area contributed by atoms with Crippen molar-refractivity contribution in [2.75, 3.05) is 10.2 Å². The van der Waals surface area contributed by atoms with Crippen LogP contribution in [0.4, 0.5) is 11.4 Å². The minimum Gasteiger partial charge on any atom is -0.326 e. The lowest BCUT2D eigenvalue weighted by molar-refractivity contribution is -0.115. The van der Waals surface area contributed by atoms with Crippen LogP contribution in [0.3, 0.4) is 0 Å². The van der Waals surface area contributed by atoms with E-state index in [1.165, 1.54) is 0 Å². The predicted octanol–water partition coefficient (Wildman–Crippen LogP) is 5.94. The van der Waals surface area contributed by atoms with E-state index in [1.54, 1.807) is 58.5 Å². The Kier molecular flexibility index (Phi) is 5.98. The Morgan fingerprint density at radius 3 is 2.64 bits per heavy atom. The molecule has 4 aromatic rings. The molecule has 0 spiro atoms. The number of nitrogens with zero attached hydrogens (tertiary/aromatic N) is 2. The summed E-state index contributed by atoms with van der Waals surface area (Å²) < 4.78 is 0. The van der Waals surface area contributed by atoms with Gasteiger partial charge in [-0.3, -0.25) is 9.59 Å². The highest BCUT2D eigenvalue weighted by molar-refractivity contribution is 7.99. The maximum Gasteiger partial charge on any atom is 0.258 e. The van der Waals surface area contributed by atoms with E-state index in [1.807, 2.05) is 48.7 Å². The second-order valence-corrected chi connectivity index (χ2v) is 9.88. The summed E-state index contributed by atoms with van der Waals surface area (Å²) >= 11 is 3.22. The van der Waals surface area contributed by atoms with Crippen molar-refractivity contribution in [3.05, 3.63) is 99.9 Å². The molecule has 2 amide bonds. The van der Waals surface area contributed by atoms with Gasteiger partial charge in [0, 0.05) is 27.2 Å². The average Bonchev–Trinajstić information content (AvgIpc) is 3.14. The number of hydrogen-bond donors (Lipinski definition) is 1. The Balaban J connectivity index is 1.36. The summed E-state index contributed by atoms with van der Waals surface area (Å²) in [6, 6.07) is 20.9. The SMILES string of the molecule is Cc1sccc1CC(=O)Nc1ccc(C(=O)N2Cc3ccccc3Sc3ncccc32)cc1. The van der Waals surface area contributed by atoms with Gasteiger partial charge < -0.3 is 10.2 Å². The molecular formula is C26H21N3O2S2. The van der Waals surface area contributed by atoms with Crippen molar-refractivity contribution in [2.24, 2.45) is 0 Å². The lowest BCUT2D eigenvalue weighted by Gasteiger charge is -2.22. The van der Waals surface area contributed by atoms with Crippen molar-refractivity contribution in [2.45, 2.75) is 29.8 Å². The van der Waals surface area contributed by atoms with Crippen molar-refractivity contribution < 1.29 is 9.59 Å². The zero-order valence-electron chi connectivity index (χ0n) is 17.9. The Morgan fingerprint density at radius 1 is 1.03 bits per heavy atom. The van der Waals surface area contributed by atoms with Crippen molar-refractivity contribution in [1.82, 2.24) is 4.98 Å². The molecule has 0 fully saturated rings. The number of benzene rings is 2. The molecule has 164 valence electrons. The molecule has 0 bridgehead atoms.